The van der Waals surface area contributed by atoms with Crippen LogP contribution in [-0.4, -0.2) is 0 Å². The van der Waals surface area contributed by atoms with Crippen molar-refractivity contribution < 1.29 is 0 Å². The lowest BCUT2D eigenvalue weighted by atomic mass is 9.99. The van der Waals surface area contributed by atoms with Crippen molar-refractivity contribution in [3.05, 3.63) is 34.3 Å². The lowest BCUT2D eigenvalue weighted by molar-refractivity contribution is 0.541. The predicted octanol–water partition coefficient (Wildman–Crippen LogP) is 5.79. The van der Waals surface area contributed by atoms with Crippen molar-refractivity contribution >= 4 is 11.6 Å². The van der Waals surface area contributed by atoms with Gasteiger partial charge in [-0.3, -0.25) is 0 Å². The molecule has 1 rings (SSSR count). The van der Waals surface area contributed by atoms with Gasteiger partial charge < -0.3 is 5.73 Å². The zero-order valence-electron chi connectivity index (χ0n) is 12.4. The van der Waals surface area contributed by atoms with Crippen molar-refractivity contribution in [1.29, 1.82) is 0 Å². The summed E-state index contributed by atoms with van der Waals surface area (Å²) >= 11 is 6.07. The highest BCUT2D eigenvalue weighted by molar-refractivity contribution is 6.30. The highest BCUT2D eigenvalue weighted by Crippen LogP contribution is 2.23. The summed E-state index contributed by atoms with van der Waals surface area (Å²) in [5.41, 5.74) is 8.61. The molecule has 0 aliphatic rings. The fraction of sp³-hybridized carbons (Fsp3) is 0.647. The molecule has 0 aliphatic heterocycles. The lowest BCUT2D eigenvalue weighted by Gasteiger charge is -2.13. The Bertz CT molecular complexity index is 342. The molecule has 0 aliphatic carbocycles. The fourth-order valence-corrected chi connectivity index (χ4v) is 2.76. The third kappa shape index (κ3) is 6.98. The van der Waals surface area contributed by atoms with Crippen LogP contribution < -0.4 is 5.73 Å². The molecule has 0 heterocycles. The van der Waals surface area contributed by atoms with Gasteiger partial charge in [0.15, 0.2) is 0 Å². The van der Waals surface area contributed by atoms with Crippen LogP contribution in [0.1, 0.15) is 75.5 Å². The minimum Gasteiger partial charge on any atom is -0.324 e. The molecule has 19 heavy (non-hydrogen) atoms. The topological polar surface area (TPSA) is 26.0 Å². The molecule has 108 valence electrons. The Morgan fingerprint density at radius 3 is 2.26 bits per heavy atom. The Balaban J connectivity index is 2.22. The summed E-state index contributed by atoms with van der Waals surface area (Å²) in [6, 6.07) is 6.26. The van der Waals surface area contributed by atoms with E-state index in [-0.39, 0.29) is 6.04 Å². The second kappa shape index (κ2) is 9.39. The van der Waals surface area contributed by atoms with Crippen LogP contribution in [0.5, 0.6) is 0 Å². The third-order valence-electron chi connectivity index (χ3n) is 3.61. The van der Waals surface area contributed by atoms with Gasteiger partial charge in [0.25, 0.3) is 0 Å². The van der Waals surface area contributed by atoms with Gasteiger partial charge in [-0.2, -0.15) is 0 Å². The van der Waals surface area contributed by atoms with E-state index in [1.165, 1.54) is 56.1 Å². The van der Waals surface area contributed by atoms with E-state index in [4.69, 9.17) is 17.3 Å². The smallest absolute Gasteiger partial charge is 0.0411 e. The molecule has 0 amide bonds. The van der Waals surface area contributed by atoms with Gasteiger partial charge in [0.05, 0.1) is 0 Å². The molecule has 0 fully saturated rings. The van der Waals surface area contributed by atoms with Gasteiger partial charge in [-0.25, -0.2) is 0 Å². The molecule has 0 bridgehead atoms. The highest BCUT2D eigenvalue weighted by atomic mass is 35.5. The van der Waals surface area contributed by atoms with Crippen LogP contribution in [0.3, 0.4) is 0 Å². The van der Waals surface area contributed by atoms with E-state index in [1.807, 2.05) is 12.1 Å². The van der Waals surface area contributed by atoms with Crippen LogP contribution in [0.15, 0.2) is 18.2 Å². The molecule has 2 heteroatoms. The SMILES string of the molecule is CCCCCCCCCC(N)c1cc(C)cc(Cl)c1. The number of hydrogen-bond donors (Lipinski definition) is 1. The molecule has 0 saturated heterocycles. The standard InChI is InChI=1S/C17H28ClN/c1-3-4-5-6-7-8-9-10-17(19)15-11-14(2)12-16(18)13-15/h11-13,17H,3-10,19H2,1-2H3. The summed E-state index contributed by atoms with van der Waals surface area (Å²) in [6.45, 7) is 4.32. The summed E-state index contributed by atoms with van der Waals surface area (Å²) in [7, 11) is 0. The fourth-order valence-electron chi connectivity index (χ4n) is 2.47. The molecule has 0 aromatic heterocycles. The van der Waals surface area contributed by atoms with E-state index in [0.29, 0.717) is 0 Å². The molecule has 1 aromatic rings. The molecule has 0 saturated carbocycles. The second-order valence-electron chi connectivity index (χ2n) is 5.58. The van der Waals surface area contributed by atoms with Gasteiger partial charge in [0.1, 0.15) is 0 Å². The van der Waals surface area contributed by atoms with E-state index in [1.54, 1.807) is 0 Å². The maximum atomic E-state index is 6.24. The molecule has 2 N–H and O–H groups in total. The summed E-state index contributed by atoms with van der Waals surface area (Å²) < 4.78 is 0. The minimum absolute atomic E-state index is 0.132. The minimum atomic E-state index is 0.132. The number of rotatable bonds is 9. The van der Waals surface area contributed by atoms with Crippen LogP contribution in [0.25, 0.3) is 0 Å². The van der Waals surface area contributed by atoms with Crippen molar-refractivity contribution in [2.24, 2.45) is 5.73 Å². The Morgan fingerprint density at radius 2 is 1.63 bits per heavy atom. The molecule has 1 aromatic carbocycles. The number of aryl methyl sites for hydroxylation is 1. The highest BCUT2D eigenvalue weighted by Gasteiger charge is 2.07. The largest absolute Gasteiger partial charge is 0.324 e. The van der Waals surface area contributed by atoms with E-state index >= 15 is 0 Å². The summed E-state index contributed by atoms with van der Waals surface area (Å²) in [4.78, 5) is 0. The van der Waals surface area contributed by atoms with Crippen LogP contribution in [-0.2, 0) is 0 Å². The Labute approximate surface area is 123 Å². The van der Waals surface area contributed by atoms with Crippen LogP contribution in [0.4, 0.5) is 0 Å². The normalized spacial score (nSPS) is 12.6. The third-order valence-corrected chi connectivity index (χ3v) is 3.83. The number of nitrogens with two attached hydrogens (primary N) is 1. The first-order valence-electron chi connectivity index (χ1n) is 7.66. The van der Waals surface area contributed by atoms with E-state index in [2.05, 4.69) is 19.9 Å². The molecular formula is C17H28ClN. The Kier molecular flexibility index (Phi) is 8.16. The first kappa shape index (κ1) is 16.5. The van der Waals surface area contributed by atoms with Crippen LogP contribution >= 0.6 is 11.6 Å². The first-order valence-corrected chi connectivity index (χ1v) is 8.04. The molecule has 1 unspecified atom stereocenters. The van der Waals surface area contributed by atoms with Gasteiger partial charge in [-0.15, -0.1) is 0 Å². The quantitative estimate of drug-likeness (QED) is 0.570. The summed E-state index contributed by atoms with van der Waals surface area (Å²) in [6.07, 6.45) is 10.4. The van der Waals surface area contributed by atoms with Crippen molar-refractivity contribution in [2.45, 2.75) is 71.3 Å². The van der Waals surface area contributed by atoms with Crippen molar-refractivity contribution in [2.75, 3.05) is 0 Å². The number of unbranched alkanes of at least 4 members (excludes halogenated alkanes) is 6. The van der Waals surface area contributed by atoms with E-state index in [9.17, 15) is 0 Å². The average molecular weight is 282 g/mol. The van der Waals surface area contributed by atoms with Crippen molar-refractivity contribution in [3.8, 4) is 0 Å². The van der Waals surface area contributed by atoms with Gasteiger partial charge in [0, 0.05) is 11.1 Å². The lowest BCUT2D eigenvalue weighted by Crippen LogP contribution is -2.10. The van der Waals surface area contributed by atoms with Gasteiger partial charge >= 0.3 is 0 Å². The molecular weight excluding hydrogens is 254 g/mol. The maximum Gasteiger partial charge on any atom is 0.0411 e. The Hall–Kier alpha value is -0.530. The summed E-state index contributed by atoms with van der Waals surface area (Å²) in [5.74, 6) is 0. The zero-order valence-corrected chi connectivity index (χ0v) is 13.2. The van der Waals surface area contributed by atoms with Crippen molar-refractivity contribution in [3.63, 3.8) is 0 Å². The molecule has 1 nitrogen and oxygen atoms in total. The number of hydrogen-bond acceptors (Lipinski definition) is 1. The first-order chi connectivity index (χ1) is 9.13. The number of halogens is 1. The molecule has 0 radical (unpaired) electrons. The van der Waals surface area contributed by atoms with E-state index in [0.717, 1.165) is 11.4 Å². The maximum absolute atomic E-state index is 6.24. The predicted molar refractivity (Wildman–Crippen MR) is 85.7 cm³/mol. The van der Waals surface area contributed by atoms with Crippen LogP contribution in [0, 0.1) is 6.92 Å². The average Bonchev–Trinajstić information content (AvgIpc) is 2.36. The van der Waals surface area contributed by atoms with Crippen LogP contribution in [0.2, 0.25) is 5.02 Å². The monoisotopic (exact) mass is 281 g/mol. The zero-order chi connectivity index (χ0) is 14.1. The molecule has 0 spiro atoms. The van der Waals surface area contributed by atoms with Gasteiger partial charge in [0.2, 0.25) is 0 Å². The van der Waals surface area contributed by atoms with E-state index < -0.39 is 0 Å². The van der Waals surface area contributed by atoms with Gasteiger partial charge in [-0.05, 0) is 36.6 Å². The summed E-state index contributed by atoms with van der Waals surface area (Å²) in [5, 5.41) is 0.796. The van der Waals surface area contributed by atoms with Gasteiger partial charge in [-0.1, -0.05) is 69.5 Å². The molecule has 1 atom stereocenters. The number of benzene rings is 1. The van der Waals surface area contributed by atoms with Crippen molar-refractivity contribution in [1.82, 2.24) is 0 Å². The Morgan fingerprint density at radius 1 is 1.00 bits per heavy atom. The second-order valence-corrected chi connectivity index (χ2v) is 6.01.